The lowest BCUT2D eigenvalue weighted by molar-refractivity contribution is -0.143. The Morgan fingerprint density at radius 3 is 1.62 bits per heavy atom. The van der Waals surface area contributed by atoms with E-state index in [4.69, 9.17) is 5.73 Å². The summed E-state index contributed by atoms with van der Waals surface area (Å²) in [5.41, 5.74) is 1.51. The normalized spacial score (nSPS) is 12.4. The highest BCUT2D eigenvalue weighted by molar-refractivity contribution is 7.92. The van der Waals surface area contributed by atoms with Crippen LogP contribution in [0.2, 0.25) is 0 Å². The number of anilines is 2. The van der Waals surface area contributed by atoms with E-state index in [1.807, 2.05) is 0 Å². The summed E-state index contributed by atoms with van der Waals surface area (Å²) in [5, 5.41) is 0. The minimum atomic E-state index is -5.08. The van der Waals surface area contributed by atoms with E-state index < -0.39 is 39.2 Å². The van der Waals surface area contributed by atoms with Crippen LogP contribution in [0.25, 0.3) is 0 Å². The van der Waals surface area contributed by atoms with E-state index in [2.05, 4.69) is 0 Å². The fraction of sp³-hybridized carbons (Fsp3) is 0.143. The maximum absolute atomic E-state index is 12.8. The summed E-state index contributed by atoms with van der Waals surface area (Å²) >= 11 is 0. The molecular weight excluding hydrogens is 410 g/mol. The van der Waals surface area contributed by atoms with Crippen LogP contribution in [0, 0.1) is 0 Å². The molecule has 0 bridgehead atoms. The van der Waals surface area contributed by atoms with Gasteiger partial charge in [-0.25, -0.2) is 8.42 Å². The fourth-order valence-electron chi connectivity index (χ4n) is 1.87. The van der Waals surface area contributed by atoms with Crippen molar-refractivity contribution in [3.63, 3.8) is 0 Å². The second-order valence-corrected chi connectivity index (χ2v) is 6.65. The molecule has 0 aromatic heterocycles. The summed E-state index contributed by atoms with van der Waals surface area (Å²) in [6, 6.07) is 5.05. The van der Waals surface area contributed by atoms with Gasteiger partial charge in [0.05, 0.1) is 21.7 Å². The number of halogens is 7. The second-order valence-electron chi connectivity index (χ2n) is 4.97. The van der Waals surface area contributed by atoms with Crippen LogP contribution in [-0.2, 0) is 22.4 Å². The van der Waals surface area contributed by atoms with Gasteiger partial charge in [0.2, 0.25) is 0 Å². The van der Waals surface area contributed by atoms with Crippen molar-refractivity contribution in [1.82, 2.24) is 0 Å². The van der Waals surface area contributed by atoms with E-state index in [1.54, 1.807) is 4.72 Å². The molecule has 3 N–H and O–H groups in total. The molecule has 0 radical (unpaired) electrons. The number of sulfonamides is 1. The topological polar surface area (TPSA) is 72.2 Å². The molecule has 0 amide bonds. The van der Waals surface area contributed by atoms with Gasteiger partial charge < -0.3 is 5.73 Å². The van der Waals surface area contributed by atoms with Crippen LogP contribution in [-0.4, -0.2) is 8.42 Å². The van der Waals surface area contributed by atoms with Crippen LogP contribution in [0.5, 0.6) is 0 Å². The molecule has 0 saturated carbocycles. The van der Waals surface area contributed by atoms with Crippen molar-refractivity contribution in [1.29, 1.82) is 0 Å². The number of nitrogens with one attached hydrogen (secondary N) is 1. The molecular formula is C14H11ClF6N2O2S. The van der Waals surface area contributed by atoms with Gasteiger partial charge in [0.15, 0.2) is 0 Å². The van der Waals surface area contributed by atoms with E-state index in [0.717, 1.165) is 12.1 Å². The summed E-state index contributed by atoms with van der Waals surface area (Å²) in [6.07, 6.45) is -10.2. The SMILES string of the molecule is Cl.Nc1ccc(S(=O)(=O)Nc2cc(C(F)(F)F)cc(C(F)(F)F)c2)cc1. The predicted molar refractivity (Wildman–Crippen MR) is 85.4 cm³/mol. The van der Waals surface area contributed by atoms with Crippen molar-refractivity contribution in [3.8, 4) is 0 Å². The lowest BCUT2D eigenvalue weighted by atomic mass is 10.1. The first-order valence-corrected chi connectivity index (χ1v) is 7.95. The Morgan fingerprint density at radius 2 is 1.23 bits per heavy atom. The summed E-state index contributed by atoms with van der Waals surface area (Å²) in [7, 11) is -4.39. The lowest BCUT2D eigenvalue weighted by Crippen LogP contribution is -2.16. The quantitative estimate of drug-likeness (QED) is 0.566. The van der Waals surface area contributed by atoms with E-state index in [-0.39, 0.29) is 41.2 Å². The molecule has 0 unspecified atom stereocenters. The van der Waals surface area contributed by atoms with Crippen molar-refractivity contribution in [2.24, 2.45) is 0 Å². The Bertz CT molecular complexity index is 848. The number of alkyl halides is 6. The first-order valence-electron chi connectivity index (χ1n) is 6.47. The van der Waals surface area contributed by atoms with Gasteiger partial charge in [0.25, 0.3) is 10.0 Å². The van der Waals surface area contributed by atoms with Crippen molar-refractivity contribution < 1.29 is 34.8 Å². The van der Waals surface area contributed by atoms with E-state index in [0.29, 0.717) is 0 Å². The number of rotatable bonds is 3. The molecule has 0 spiro atoms. The van der Waals surface area contributed by atoms with Crippen LogP contribution in [0.1, 0.15) is 11.1 Å². The summed E-state index contributed by atoms with van der Waals surface area (Å²) in [5.74, 6) is 0. The maximum atomic E-state index is 12.8. The average molecular weight is 421 g/mol. The smallest absolute Gasteiger partial charge is 0.399 e. The Morgan fingerprint density at radius 1 is 0.808 bits per heavy atom. The number of hydrogen-bond acceptors (Lipinski definition) is 3. The van der Waals surface area contributed by atoms with Crippen molar-refractivity contribution in [3.05, 3.63) is 53.6 Å². The van der Waals surface area contributed by atoms with Gasteiger partial charge in [-0.2, -0.15) is 26.3 Å². The highest BCUT2D eigenvalue weighted by Gasteiger charge is 2.37. The first kappa shape index (κ1) is 21.9. The highest BCUT2D eigenvalue weighted by atomic mass is 35.5. The van der Waals surface area contributed by atoms with Crippen LogP contribution in [0.15, 0.2) is 47.4 Å². The molecule has 0 fully saturated rings. The molecule has 2 aromatic carbocycles. The van der Waals surface area contributed by atoms with Gasteiger partial charge >= 0.3 is 12.4 Å². The van der Waals surface area contributed by atoms with Gasteiger partial charge in [-0.3, -0.25) is 4.72 Å². The number of nitrogen functional groups attached to an aromatic ring is 1. The Hall–Kier alpha value is -2.14. The molecule has 26 heavy (non-hydrogen) atoms. The minimum absolute atomic E-state index is 0. The van der Waals surface area contributed by atoms with Crippen molar-refractivity contribution in [2.45, 2.75) is 17.2 Å². The van der Waals surface area contributed by atoms with Gasteiger partial charge in [-0.1, -0.05) is 0 Å². The molecule has 0 aliphatic carbocycles. The zero-order chi connectivity index (χ0) is 19.0. The average Bonchev–Trinajstić information content (AvgIpc) is 2.45. The van der Waals surface area contributed by atoms with E-state index in [9.17, 15) is 34.8 Å². The first-order chi connectivity index (χ1) is 11.3. The zero-order valence-electron chi connectivity index (χ0n) is 12.5. The van der Waals surface area contributed by atoms with Gasteiger partial charge in [0.1, 0.15) is 0 Å². The maximum Gasteiger partial charge on any atom is 0.416 e. The molecule has 0 heterocycles. The Kier molecular flexibility index (Phi) is 6.09. The Labute approximate surface area is 150 Å². The Balaban J connectivity index is 0.00000338. The summed E-state index contributed by atoms with van der Waals surface area (Å²) in [4.78, 5) is -0.368. The van der Waals surface area contributed by atoms with Gasteiger partial charge in [-0.15, -0.1) is 12.4 Å². The monoisotopic (exact) mass is 420 g/mol. The fourth-order valence-corrected chi connectivity index (χ4v) is 2.92. The van der Waals surface area contributed by atoms with Crippen molar-refractivity contribution >= 4 is 33.8 Å². The molecule has 4 nitrogen and oxygen atoms in total. The second kappa shape index (κ2) is 7.23. The third-order valence-corrected chi connectivity index (χ3v) is 4.43. The number of benzene rings is 2. The standard InChI is InChI=1S/C14H10F6N2O2S.ClH/c15-13(16,17)8-5-9(14(18,19)20)7-11(6-8)22-25(23,24)12-3-1-10(21)2-4-12;/h1-7,22H,21H2;1H. The predicted octanol–water partition coefficient (Wildman–Crippen LogP) is 4.53. The molecule has 0 aliphatic heterocycles. The summed E-state index contributed by atoms with van der Waals surface area (Å²) < 4.78 is 103. The number of nitrogens with two attached hydrogens (primary N) is 1. The highest BCUT2D eigenvalue weighted by Crippen LogP contribution is 2.37. The van der Waals surface area contributed by atoms with Crippen LogP contribution < -0.4 is 10.5 Å². The molecule has 0 aliphatic rings. The number of hydrogen-bond donors (Lipinski definition) is 2. The minimum Gasteiger partial charge on any atom is -0.399 e. The molecule has 12 heteroatoms. The van der Waals surface area contributed by atoms with Gasteiger partial charge in [-0.05, 0) is 42.5 Å². The molecule has 2 aromatic rings. The van der Waals surface area contributed by atoms with Crippen LogP contribution in [0.3, 0.4) is 0 Å². The molecule has 0 saturated heterocycles. The van der Waals surface area contributed by atoms with Gasteiger partial charge in [0, 0.05) is 5.69 Å². The summed E-state index contributed by atoms with van der Waals surface area (Å²) in [6.45, 7) is 0. The molecule has 144 valence electrons. The van der Waals surface area contributed by atoms with E-state index >= 15 is 0 Å². The van der Waals surface area contributed by atoms with Crippen molar-refractivity contribution in [2.75, 3.05) is 10.5 Å². The molecule has 2 rings (SSSR count). The molecule has 0 atom stereocenters. The van der Waals surface area contributed by atoms with Crippen LogP contribution in [0.4, 0.5) is 37.7 Å². The largest absolute Gasteiger partial charge is 0.416 e. The third kappa shape index (κ3) is 5.18. The lowest BCUT2D eigenvalue weighted by Gasteiger charge is -2.15. The zero-order valence-corrected chi connectivity index (χ0v) is 14.2. The third-order valence-electron chi connectivity index (χ3n) is 3.03. The van der Waals surface area contributed by atoms with Crippen LogP contribution >= 0.6 is 12.4 Å². The van der Waals surface area contributed by atoms with E-state index in [1.165, 1.54) is 12.1 Å².